The van der Waals surface area contributed by atoms with Crippen LogP contribution in [0.25, 0.3) is 0 Å². The van der Waals surface area contributed by atoms with E-state index < -0.39 is 0 Å². The van der Waals surface area contributed by atoms with Crippen LogP contribution < -0.4 is 0 Å². The standard InChI is InChI=1S/C6H5Br.C4H6O/c7-6-4-2-1-3-5-6;1-2-3-4-5/h1-5H;2,4H,1,3H2. The van der Waals surface area contributed by atoms with Gasteiger partial charge in [-0.15, -0.1) is 6.58 Å². The van der Waals surface area contributed by atoms with Gasteiger partial charge < -0.3 is 4.79 Å². The van der Waals surface area contributed by atoms with Crippen LogP contribution in [0.15, 0.2) is 47.5 Å². The van der Waals surface area contributed by atoms with Gasteiger partial charge in [0, 0.05) is 10.9 Å². The number of halogens is 1. The second kappa shape index (κ2) is 8.21. The lowest BCUT2D eigenvalue weighted by Crippen LogP contribution is -1.59. The first-order chi connectivity index (χ1) is 5.81. The lowest BCUT2D eigenvalue weighted by atomic mass is 10.4. The maximum Gasteiger partial charge on any atom is 0.123 e. The minimum absolute atomic E-state index is 0.472. The summed E-state index contributed by atoms with van der Waals surface area (Å²) in [6, 6.07) is 9.97. The van der Waals surface area contributed by atoms with Gasteiger partial charge in [0.05, 0.1) is 0 Å². The first-order valence-corrected chi connectivity index (χ1v) is 4.35. The molecule has 64 valence electrons. The first kappa shape index (κ1) is 11.1. The van der Waals surface area contributed by atoms with Crippen LogP contribution in [0.2, 0.25) is 0 Å². The molecule has 0 unspecified atom stereocenters. The summed E-state index contributed by atoms with van der Waals surface area (Å²) in [5, 5.41) is 0. The molecule has 2 heteroatoms. The van der Waals surface area contributed by atoms with Crippen molar-refractivity contribution in [2.75, 3.05) is 0 Å². The minimum atomic E-state index is 0.472. The topological polar surface area (TPSA) is 17.1 Å². The Morgan fingerprint density at radius 1 is 1.33 bits per heavy atom. The quantitative estimate of drug-likeness (QED) is 0.560. The van der Waals surface area contributed by atoms with E-state index >= 15 is 0 Å². The van der Waals surface area contributed by atoms with Gasteiger partial charge in [-0.2, -0.15) is 0 Å². The van der Waals surface area contributed by atoms with Gasteiger partial charge in [0.15, 0.2) is 0 Å². The summed E-state index contributed by atoms with van der Waals surface area (Å²) in [7, 11) is 0. The van der Waals surface area contributed by atoms with E-state index in [2.05, 4.69) is 22.5 Å². The van der Waals surface area contributed by atoms with Crippen molar-refractivity contribution >= 4 is 22.2 Å². The fourth-order valence-corrected chi connectivity index (χ4v) is 0.788. The smallest absolute Gasteiger partial charge is 0.123 e. The Morgan fingerprint density at radius 2 is 1.92 bits per heavy atom. The van der Waals surface area contributed by atoms with Crippen LogP contribution in [-0.4, -0.2) is 6.29 Å². The van der Waals surface area contributed by atoms with Gasteiger partial charge >= 0.3 is 0 Å². The minimum Gasteiger partial charge on any atom is -0.303 e. The van der Waals surface area contributed by atoms with E-state index in [1.807, 2.05) is 30.3 Å². The third-order valence-corrected chi connectivity index (χ3v) is 1.52. The molecule has 0 aliphatic rings. The number of carbonyl (C=O) groups is 1. The largest absolute Gasteiger partial charge is 0.303 e. The van der Waals surface area contributed by atoms with E-state index in [4.69, 9.17) is 0 Å². The zero-order valence-corrected chi connectivity index (χ0v) is 8.33. The number of hydrogen-bond donors (Lipinski definition) is 0. The van der Waals surface area contributed by atoms with E-state index in [9.17, 15) is 4.79 Å². The highest BCUT2D eigenvalue weighted by atomic mass is 79.9. The Bertz CT molecular complexity index is 213. The van der Waals surface area contributed by atoms with E-state index in [1.165, 1.54) is 0 Å². The van der Waals surface area contributed by atoms with Gasteiger partial charge in [-0.25, -0.2) is 0 Å². The van der Waals surface area contributed by atoms with Gasteiger partial charge in [0.2, 0.25) is 0 Å². The van der Waals surface area contributed by atoms with E-state index in [-0.39, 0.29) is 0 Å². The van der Waals surface area contributed by atoms with Gasteiger partial charge in [-0.1, -0.05) is 40.2 Å². The van der Waals surface area contributed by atoms with Gasteiger partial charge in [0.25, 0.3) is 0 Å². The molecule has 0 aliphatic heterocycles. The Morgan fingerprint density at radius 3 is 2.08 bits per heavy atom. The molecular formula is C10H11BrO. The highest BCUT2D eigenvalue weighted by Gasteiger charge is 1.74. The van der Waals surface area contributed by atoms with Crippen LogP contribution >= 0.6 is 15.9 Å². The van der Waals surface area contributed by atoms with Crippen molar-refractivity contribution in [2.45, 2.75) is 6.42 Å². The SMILES string of the molecule is Brc1ccccc1.C=CCC=O. The monoisotopic (exact) mass is 226 g/mol. The lowest BCUT2D eigenvalue weighted by Gasteiger charge is -1.80. The Balaban J connectivity index is 0.000000217. The van der Waals surface area contributed by atoms with Gasteiger partial charge in [-0.3, -0.25) is 0 Å². The number of rotatable bonds is 2. The van der Waals surface area contributed by atoms with Crippen molar-refractivity contribution < 1.29 is 4.79 Å². The van der Waals surface area contributed by atoms with Crippen molar-refractivity contribution in [3.63, 3.8) is 0 Å². The number of aldehydes is 1. The van der Waals surface area contributed by atoms with Gasteiger partial charge in [0.1, 0.15) is 6.29 Å². The normalized spacial score (nSPS) is 7.75. The molecule has 0 radical (unpaired) electrons. The molecule has 1 aromatic rings. The van der Waals surface area contributed by atoms with Crippen LogP contribution in [0, 0.1) is 0 Å². The third-order valence-electron chi connectivity index (χ3n) is 0.996. The molecule has 0 aliphatic carbocycles. The predicted octanol–water partition coefficient (Wildman–Crippen LogP) is 3.21. The number of carbonyl (C=O) groups excluding carboxylic acids is 1. The third kappa shape index (κ3) is 7.22. The molecule has 0 amide bonds. The molecule has 1 aromatic carbocycles. The summed E-state index contributed by atoms with van der Waals surface area (Å²) in [5.74, 6) is 0. The second-order valence-corrected chi connectivity index (χ2v) is 2.90. The molecule has 0 N–H and O–H groups in total. The summed E-state index contributed by atoms with van der Waals surface area (Å²) in [6.07, 6.45) is 2.85. The fourth-order valence-electron chi connectivity index (χ4n) is 0.483. The molecule has 0 heterocycles. The molecule has 1 nitrogen and oxygen atoms in total. The van der Waals surface area contributed by atoms with Crippen LogP contribution in [0.3, 0.4) is 0 Å². The molecule has 0 bridgehead atoms. The van der Waals surface area contributed by atoms with E-state index in [0.29, 0.717) is 6.42 Å². The van der Waals surface area contributed by atoms with Crippen LogP contribution in [0.4, 0.5) is 0 Å². The Kier molecular flexibility index (Phi) is 7.60. The molecular weight excluding hydrogens is 216 g/mol. The molecule has 1 rings (SSSR count). The predicted molar refractivity (Wildman–Crippen MR) is 55.0 cm³/mol. The van der Waals surface area contributed by atoms with Crippen molar-refractivity contribution in [2.24, 2.45) is 0 Å². The highest BCUT2D eigenvalue weighted by Crippen LogP contribution is 2.05. The Labute approximate surface area is 81.2 Å². The molecule has 0 saturated heterocycles. The number of benzene rings is 1. The van der Waals surface area contributed by atoms with Crippen LogP contribution in [0.5, 0.6) is 0 Å². The summed E-state index contributed by atoms with van der Waals surface area (Å²) in [4.78, 5) is 9.33. The molecule has 12 heavy (non-hydrogen) atoms. The molecule has 0 atom stereocenters. The average Bonchev–Trinajstić information content (AvgIpc) is 2.08. The fraction of sp³-hybridized carbons (Fsp3) is 0.100. The van der Waals surface area contributed by atoms with E-state index in [1.54, 1.807) is 6.08 Å². The molecule has 0 saturated carbocycles. The maximum absolute atomic E-state index is 9.33. The summed E-state index contributed by atoms with van der Waals surface area (Å²) < 4.78 is 1.13. The van der Waals surface area contributed by atoms with Crippen molar-refractivity contribution in [1.29, 1.82) is 0 Å². The number of hydrogen-bond acceptors (Lipinski definition) is 1. The van der Waals surface area contributed by atoms with E-state index in [0.717, 1.165) is 10.8 Å². The average molecular weight is 227 g/mol. The van der Waals surface area contributed by atoms with Crippen LogP contribution in [-0.2, 0) is 4.79 Å². The molecule has 0 spiro atoms. The van der Waals surface area contributed by atoms with Crippen molar-refractivity contribution in [1.82, 2.24) is 0 Å². The summed E-state index contributed by atoms with van der Waals surface area (Å²) in [6.45, 7) is 3.32. The first-order valence-electron chi connectivity index (χ1n) is 3.56. The Hall–Kier alpha value is -0.890. The molecule has 0 fully saturated rings. The molecule has 0 aromatic heterocycles. The zero-order chi connectivity index (χ0) is 9.23. The van der Waals surface area contributed by atoms with Crippen molar-refractivity contribution in [3.8, 4) is 0 Å². The maximum atomic E-state index is 9.33. The van der Waals surface area contributed by atoms with Crippen molar-refractivity contribution in [3.05, 3.63) is 47.5 Å². The second-order valence-electron chi connectivity index (χ2n) is 1.99. The highest BCUT2D eigenvalue weighted by molar-refractivity contribution is 9.10. The summed E-state index contributed by atoms with van der Waals surface area (Å²) >= 11 is 3.31. The zero-order valence-electron chi connectivity index (χ0n) is 6.74. The van der Waals surface area contributed by atoms with Gasteiger partial charge in [-0.05, 0) is 12.1 Å². The van der Waals surface area contributed by atoms with Crippen LogP contribution in [0.1, 0.15) is 6.42 Å². The summed E-state index contributed by atoms with van der Waals surface area (Å²) in [5.41, 5.74) is 0. The lowest BCUT2D eigenvalue weighted by molar-refractivity contribution is -0.107. The number of allylic oxidation sites excluding steroid dienone is 1.